The molecular formula is C23H19NO5. The van der Waals surface area contributed by atoms with E-state index in [1.54, 1.807) is 18.2 Å². The molecule has 0 atom stereocenters. The standard InChI is InChI=1S/C23H19NO5/c25-20(26)13-29-16-10-8-14(9-11-16)12-15-4-3-6-18-21(23(27)28)17-5-1-2-7-19(17)24-22(15)18/h1-2,5,7-12H,3-4,6,13H2,(H,25,26)(H,27,28)/b15-12+. The molecule has 1 aliphatic rings. The summed E-state index contributed by atoms with van der Waals surface area (Å²) in [5.74, 6) is -1.47. The van der Waals surface area contributed by atoms with Crippen LogP contribution in [0.25, 0.3) is 22.6 Å². The Kier molecular flexibility index (Phi) is 4.99. The second kappa shape index (κ2) is 7.75. The van der Waals surface area contributed by atoms with Crippen LogP contribution < -0.4 is 4.74 Å². The van der Waals surface area contributed by atoms with E-state index in [4.69, 9.17) is 14.8 Å². The highest BCUT2D eigenvalue weighted by Gasteiger charge is 2.24. The molecule has 146 valence electrons. The number of fused-ring (bicyclic) bond motifs is 2. The number of aromatic carboxylic acids is 1. The number of hydrogen-bond acceptors (Lipinski definition) is 4. The summed E-state index contributed by atoms with van der Waals surface area (Å²) in [5, 5.41) is 19.2. The molecule has 0 saturated heterocycles. The smallest absolute Gasteiger partial charge is 0.341 e. The molecule has 1 aromatic heterocycles. The zero-order valence-electron chi connectivity index (χ0n) is 15.6. The first kappa shape index (κ1) is 18.7. The number of aliphatic carboxylic acids is 1. The number of rotatable bonds is 5. The van der Waals surface area contributed by atoms with Crippen molar-refractivity contribution in [3.05, 3.63) is 70.9 Å². The van der Waals surface area contributed by atoms with E-state index in [0.29, 0.717) is 28.6 Å². The van der Waals surface area contributed by atoms with E-state index in [1.807, 2.05) is 36.4 Å². The second-order valence-electron chi connectivity index (χ2n) is 6.91. The lowest BCUT2D eigenvalue weighted by molar-refractivity contribution is -0.139. The van der Waals surface area contributed by atoms with Crippen LogP contribution in [-0.4, -0.2) is 33.7 Å². The highest BCUT2D eigenvalue weighted by atomic mass is 16.5. The Morgan fingerprint density at radius 2 is 1.79 bits per heavy atom. The van der Waals surface area contributed by atoms with Gasteiger partial charge >= 0.3 is 11.9 Å². The van der Waals surface area contributed by atoms with Crippen molar-refractivity contribution in [1.29, 1.82) is 0 Å². The molecule has 6 heteroatoms. The Morgan fingerprint density at radius 1 is 1.03 bits per heavy atom. The number of ether oxygens (including phenoxy) is 1. The van der Waals surface area contributed by atoms with Gasteiger partial charge in [0.05, 0.1) is 16.8 Å². The van der Waals surface area contributed by atoms with Crippen LogP contribution in [0.3, 0.4) is 0 Å². The zero-order valence-corrected chi connectivity index (χ0v) is 15.6. The maximum Gasteiger partial charge on any atom is 0.341 e. The van der Waals surface area contributed by atoms with Gasteiger partial charge in [-0.25, -0.2) is 14.6 Å². The fourth-order valence-electron chi connectivity index (χ4n) is 3.73. The minimum Gasteiger partial charge on any atom is -0.482 e. The third kappa shape index (κ3) is 3.82. The minimum absolute atomic E-state index is 0.341. The molecule has 29 heavy (non-hydrogen) atoms. The molecule has 3 aromatic rings. The molecule has 1 heterocycles. The second-order valence-corrected chi connectivity index (χ2v) is 6.91. The SMILES string of the molecule is O=C(O)COc1ccc(/C=C2\CCCc3c2nc2ccccc2c3C(=O)O)cc1. The summed E-state index contributed by atoms with van der Waals surface area (Å²) in [6, 6.07) is 14.5. The number of carboxylic acid groups (broad SMARTS) is 2. The molecule has 0 unspecified atom stereocenters. The molecule has 0 saturated carbocycles. The lowest BCUT2D eigenvalue weighted by Crippen LogP contribution is -2.13. The third-order valence-electron chi connectivity index (χ3n) is 4.97. The lowest BCUT2D eigenvalue weighted by atomic mass is 9.86. The fraction of sp³-hybridized carbons (Fsp3) is 0.174. The van der Waals surface area contributed by atoms with Gasteiger partial charge in [0.15, 0.2) is 6.61 Å². The Hall–Kier alpha value is -3.67. The lowest BCUT2D eigenvalue weighted by Gasteiger charge is -2.21. The first-order valence-electron chi connectivity index (χ1n) is 9.33. The number of hydrogen-bond donors (Lipinski definition) is 2. The Bertz CT molecular complexity index is 1130. The average Bonchev–Trinajstić information content (AvgIpc) is 2.71. The van der Waals surface area contributed by atoms with Crippen molar-refractivity contribution in [2.45, 2.75) is 19.3 Å². The number of allylic oxidation sites excluding steroid dienone is 1. The number of nitrogens with zero attached hydrogens (tertiary/aromatic N) is 1. The van der Waals surface area contributed by atoms with Crippen LogP contribution in [0.15, 0.2) is 48.5 Å². The number of para-hydroxylation sites is 1. The van der Waals surface area contributed by atoms with Crippen LogP contribution in [0.1, 0.15) is 40.0 Å². The van der Waals surface area contributed by atoms with Gasteiger partial charge < -0.3 is 14.9 Å². The van der Waals surface area contributed by atoms with Crippen LogP contribution in [0.4, 0.5) is 0 Å². The topological polar surface area (TPSA) is 96.7 Å². The normalized spacial score (nSPS) is 14.6. The van der Waals surface area contributed by atoms with Gasteiger partial charge in [0.2, 0.25) is 0 Å². The molecule has 0 bridgehead atoms. The molecule has 2 N–H and O–H groups in total. The molecule has 0 aliphatic heterocycles. The quantitative estimate of drug-likeness (QED) is 0.676. The van der Waals surface area contributed by atoms with E-state index in [1.165, 1.54) is 0 Å². The average molecular weight is 389 g/mol. The van der Waals surface area contributed by atoms with Crippen molar-refractivity contribution in [2.75, 3.05) is 6.61 Å². The largest absolute Gasteiger partial charge is 0.482 e. The first-order valence-corrected chi connectivity index (χ1v) is 9.33. The van der Waals surface area contributed by atoms with Crippen LogP contribution in [0.5, 0.6) is 5.75 Å². The maximum atomic E-state index is 12.0. The fourth-order valence-corrected chi connectivity index (χ4v) is 3.73. The van der Waals surface area contributed by atoms with Crippen LogP contribution in [0.2, 0.25) is 0 Å². The molecule has 0 amide bonds. The number of carbonyl (C=O) groups is 2. The summed E-state index contributed by atoms with van der Waals surface area (Å²) in [5.41, 5.74) is 4.47. The summed E-state index contributed by atoms with van der Waals surface area (Å²) in [4.78, 5) is 27.4. The predicted molar refractivity (Wildman–Crippen MR) is 109 cm³/mol. The summed E-state index contributed by atoms with van der Waals surface area (Å²) in [6.45, 7) is -0.386. The van der Waals surface area contributed by atoms with Gasteiger partial charge in [0, 0.05) is 5.39 Å². The molecule has 0 fully saturated rings. The Balaban J connectivity index is 1.75. The van der Waals surface area contributed by atoms with Gasteiger partial charge in [-0.1, -0.05) is 30.3 Å². The first-order chi connectivity index (χ1) is 14.0. The highest BCUT2D eigenvalue weighted by Crippen LogP contribution is 2.36. The van der Waals surface area contributed by atoms with Gasteiger partial charge in [-0.05, 0) is 60.2 Å². The van der Waals surface area contributed by atoms with Crippen molar-refractivity contribution in [2.24, 2.45) is 0 Å². The molecule has 2 aromatic carbocycles. The summed E-state index contributed by atoms with van der Waals surface area (Å²) >= 11 is 0. The van der Waals surface area contributed by atoms with Gasteiger partial charge in [0.1, 0.15) is 5.75 Å². The molecule has 0 radical (unpaired) electrons. The van der Waals surface area contributed by atoms with E-state index < -0.39 is 11.9 Å². The molecule has 1 aliphatic carbocycles. The van der Waals surface area contributed by atoms with E-state index in [2.05, 4.69) is 0 Å². The highest BCUT2D eigenvalue weighted by molar-refractivity contribution is 6.05. The Labute approximate surface area is 167 Å². The summed E-state index contributed by atoms with van der Waals surface area (Å²) in [6.07, 6.45) is 4.37. The van der Waals surface area contributed by atoms with Crippen LogP contribution >= 0.6 is 0 Å². The van der Waals surface area contributed by atoms with Crippen molar-refractivity contribution in [3.8, 4) is 5.75 Å². The van der Waals surface area contributed by atoms with Crippen LogP contribution in [0, 0.1) is 0 Å². The van der Waals surface area contributed by atoms with Crippen molar-refractivity contribution < 1.29 is 24.5 Å². The van der Waals surface area contributed by atoms with E-state index >= 15 is 0 Å². The summed E-state index contributed by atoms with van der Waals surface area (Å²) < 4.78 is 5.16. The van der Waals surface area contributed by atoms with Gasteiger partial charge in [0.25, 0.3) is 0 Å². The summed E-state index contributed by atoms with van der Waals surface area (Å²) in [7, 11) is 0. The van der Waals surface area contributed by atoms with Crippen LogP contribution in [-0.2, 0) is 11.2 Å². The van der Waals surface area contributed by atoms with E-state index in [-0.39, 0.29) is 6.61 Å². The molecule has 4 rings (SSSR count). The third-order valence-corrected chi connectivity index (χ3v) is 4.97. The van der Waals surface area contributed by atoms with E-state index in [0.717, 1.165) is 35.2 Å². The number of benzene rings is 2. The van der Waals surface area contributed by atoms with Gasteiger partial charge in [-0.2, -0.15) is 0 Å². The molecule has 0 spiro atoms. The maximum absolute atomic E-state index is 12.0. The zero-order chi connectivity index (χ0) is 20.4. The van der Waals surface area contributed by atoms with Gasteiger partial charge in [-0.15, -0.1) is 0 Å². The predicted octanol–water partition coefficient (Wildman–Crippen LogP) is 4.27. The molecular weight excluding hydrogens is 370 g/mol. The monoisotopic (exact) mass is 389 g/mol. The minimum atomic E-state index is -1.03. The van der Waals surface area contributed by atoms with Gasteiger partial charge in [-0.3, -0.25) is 0 Å². The number of pyridine rings is 1. The van der Waals surface area contributed by atoms with Crippen molar-refractivity contribution in [1.82, 2.24) is 4.98 Å². The Morgan fingerprint density at radius 3 is 2.52 bits per heavy atom. The van der Waals surface area contributed by atoms with E-state index in [9.17, 15) is 14.7 Å². The number of aromatic nitrogens is 1. The van der Waals surface area contributed by atoms with Crippen molar-refractivity contribution in [3.63, 3.8) is 0 Å². The van der Waals surface area contributed by atoms with Crippen molar-refractivity contribution >= 4 is 34.5 Å². The molecule has 6 nitrogen and oxygen atoms in total. The number of carboxylic acids is 2.